The van der Waals surface area contributed by atoms with Crippen molar-refractivity contribution in [1.29, 1.82) is 5.26 Å². The number of hydrogen-bond donors (Lipinski definition) is 1. The number of benzene rings is 2. The van der Waals surface area contributed by atoms with E-state index in [0.717, 1.165) is 16.9 Å². The molecule has 0 aliphatic rings. The lowest BCUT2D eigenvalue weighted by Crippen LogP contribution is -2.27. The number of nitrogens with one attached hydrogen (secondary N) is 1. The topological polar surface area (TPSA) is 70.7 Å². The number of amides is 1. The quantitative estimate of drug-likeness (QED) is 0.795. The molecule has 2 aromatic carbocycles. The molecule has 1 aromatic heterocycles. The number of rotatable bonds is 4. The number of hydrogen-bond acceptors (Lipinski definition) is 3. The second-order valence-electron chi connectivity index (χ2n) is 5.79. The predicted octanol–water partition coefficient (Wildman–Crippen LogP) is 3.54. The van der Waals surface area contributed by atoms with Gasteiger partial charge in [0.15, 0.2) is 0 Å². The van der Waals surface area contributed by atoms with Gasteiger partial charge in [-0.3, -0.25) is 4.79 Å². The molecule has 0 saturated heterocycles. The van der Waals surface area contributed by atoms with Crippen LogP contribution in [0.1, 0.15) is 40.1 Å². The Morgan fingerprint density at radius 1 is 1.16 bits per heavy atom. The van der Waals surface area contributed by atoms with Crippen molar-refractivity contribution < 1.29 is 4.79 Å². The number of nitriles is 1. The molecule has 1 amide bonds. The lowest BCUT2D eigenvalue weighted by molar-refractivity contribution is 0.0939. The average molecular weight is 330 g/mol. The summed E-state index contributed by atoms with van der Waals surface area (Å²) >= 11 is 0. The highest BCUT2D eigenvalue weighted by atomic mass is 16.1. The Labute approximate surface area is 146 Å². The molecule has 0 saturated carbocycles. The van der Waals surface area contributed by atoms with E-state index in [0.29, 0.717) is 11.1 Å². The van der Waals surface area contributed by atoms with E-state index >= 15 is 0 Å². The van der Waals surface area contributed by atoms with Crippen LogP contribution in [-0.4, -0.2) is 15.7 Å². The van der Waals surface area contributed by atoms with Crippen LogP contribution in [0.4, 0.5) is 0 Å². The molecule has 0 aliphatic carbocycles. The van der Waals surface area contributed by atoms with Gasteiger partial charge in [-0.15, -0.1) is 0 Å². The third-order valence-corrected chi connectivity index (χ3v) is 4.15. The molecule has 3 rings (SSSR count). The molecule has 1 heterocycles. The molecule has 25 heavy (non-hydrogen) atoms. The van der Waals surface area contributed by atoms with Crippen molar-refractivity contribution in [2.75, 3.05) is 0 Å². The Morgan fingerprint density at radius 2 is 1.84 bits per heavy atom. The number of aromatic nitrogens is 2. The Balaban J connectivity index is 1.83. The summed E-state index contributed by atoms with van der Waals surface area (Å²) in [5.74, 6) is -0.267. The van der Waals surface area contributed by atoms with Crippen molar-refractivity contribution in [1.82, 2.24) is 15.1 Å². The van der Waals surface area contributed by atoms with E-state index in [-0.39, 0.29) is 11.9 Å². The van der Waals surface area contributed by atoms with Crippen molar-refractivity contribution in [2.24, 2.45) is 0 Å². The first-order valence-electron chi connectivity index (χ1n) is 8.01. The van der Waals surface area contributed by atoms with Gasteiger partial charge in [0, 0.05) is 11.3 Å². The number of para-hydroxylation sites is 1. The fourth-order valence-electron chi connectivity index (χ4n) is 2.81. The van der Waals surface area contributed by atoms with Crippen LogP contribution in [0, 0.1) is 18.3 Å². The highest BCUT2D eigenvalue weighted by Crippen LogP contribution is 2.20. The van der Waals surface area contributed by atoms with Crippen LogP contribution >= 0.6 is 0 Å². The lowest BCUT2D eigenvalue weighted by Gasteiger charge is -2.15. The molecule has 0 spiro atoms. The van der Waals surface area contributed by atoms with Gasteiger partial charge in [-0.25, -0.2) is 4.68 Å². The Hall–Kier alpha value is -3.39. The summed E-state index contributed by atoms with van der Waals surface area (Å²) in [5.41, 5.74) is 3.62. The first-order chi connectivity index (χ1) is 12.1. The minimum Gasteiger partial charge on any atom is -0.345 e. The summed E-state index contributed by atoms with van der Waals surface area (Å²) in [6.07, 6.45) is 1.77. The predicted molar refractivity (Wildman–Crippen MR) is 95.3 cm³/mol. The summed E-state index contributed by atoms with van der Waals surface area (Å²) < 4.78 is 1.85. The van der Waals surface area contributed by atoms with Crippen LogP contribution < -0.4 is 5.32 Å². The molecule has 0 aliphatic heterocycles. The molecule has 5 heteroatoms. The van der Waals surface area contributed by atoms with Crippen molar-refractivity contribution >= 4 is 5.91 Å². The van der Waals surface area contributed by atoms with Gasteiger partial charge < -0.3 is 5.32 Å². The molecule has 124 valence electrons. The minimum absolute atomic E-state index is 0.225. The molecule has 0 unspecified atom stereocenters. The number of carbonyl (C=O) groups is 1. The molecule has 1 atom stereocenters. The highest BCUT2D eigenvalue weighted by Gasteiger charge is 2.18. The fourth-order valence-corrected chi connectivity index (χ4v) is 2.81. The summed E-state index contributed by atoms with van der Waals surface area (Å²) in [7, 11) is 0. The third kappa shape index (κ3) is 3.29. The zero-order valence-electron chi connectivity index (χ0n) is 14.1. The smallest absolute Gasteiger partial charge is 0.253 e. The van der Waals surface area contributed by atoms with Gasteiger partial charge in [0.2, 0.25) is 0 Å². The van der Waals surface area contributed by atoms with E-state index in [1.54, 1.807) is 30.5 Å². The van der Waals surface area contributed by atoms with E-state index in [1.165, 1.54) is 0 Å². The standard InChI is InChI=1S/C20H18N4O/c1-14(23-20(25)18-11-7-6-8-16(18)12-21)19-13-22-24(15(19)2)17-9-4-3-5-10-17/h3-11,13-14H,1-2H3,(H,23,25)/t14-/m0/s1. The van der Waals surface area contributed by atoms with E-state index in [9.17, 15) is 4.79 Å². The number of carbonyl (C=O) groups excluding carboxylic acids is 1. The van der Waals surface area contributed by atoms with Gasteiger partial charge in [-0.1, -0.05) is 30.3 Å². The SMILES string of the molecule is Cc1c([C@H](C)NC(=O)c2ccccc2C#N)cnn1-c1ccccc1. The molecule has 0 fully saturated rings. The first kappa shape index (κ1) is 16.5. The second-order valence-corrected chi connectivity index (χ2v) is 5.79. The first-order valence-corrected chi connectivity index (χ1v) is 8.01. The molecule has 0 radical (unpaired) electrons. The zero-order chi connectivity index (χ0) is 17.8. The maximum atomic E-state index is 12.5. The Morgan fingerprint density at radius 3 is 2.56 bits per heavy atom. The summed E-state index contributed by atoms with van der Waals surface area (Å²) in [6.45, 7) is 3.88. The summed E-state index contributed by atoms with van der Waals surface area (Å²) in [4.78, 5) is 12.5. The lowest BCUT2D eigenvalue weighted by atomic mass is 10.1. The van der Waals surface area contributed by atoms with E-state index in [1.807, 2.05) is 54.9 Å². The summed E-state index contributed by atoms with van der Waals surface area (Å²) in [6, 6.07) is 18.4. The van der Waals surface area contributed by atoms with Crippen LogP contribution in [0.2, 0.25) is 0 Å². The van der Waals surface area contributed by atoms with Crippen LogP contribution in [0.25, 0.3) is 5.69 Å². The maximum absolute atomic E-state index is 12.5. The highest BCUT2D eigenvalue weighted by molar-refractivity contribution is 5.96. The largest absolute Gasteiger partial charge is 0.345 e. The van der Waals surface area contributed by atoms with Crippen molar-refractivity contribution in [3.63, 3.8) is 0 Å². The van der Waals surface area contributed by atoms with E-state index in [2.05, 4.69) is 10.4 Å². The average Bonchev–Trinajstić information content (AvgIpc) is 3.03. The Bertz CT molecular complexity index is 938. The molecule has 5 nitrogen and oxygen atoms in total. The van der Waals surface area contributed by atoms with Crippen molar-refractivity contribution in [3.8, 4) is 11.8 Å². The van der Waals surface area contributed by atoms with Gasteiger partial charge in [0.25, 0.3) is 5.91 Å². The van der Waals surface area contributed by atoms with Gasteiger partial charge in [-0.05, 0) is 38.1 Å². The monoisotopic (exact) mass is 330 g/mol. The second kappa shape index (κ2) is 7.02. The minimum atomic E-state index is -0.267. The molecular weight excluding hydrogens is 312 g/mol. The van der Waals surface area contributed by atoms with Crippen LogP contribution in [0.3, 0.4) is 0 Å². The van der Waals surface area contributed by atoms with Crippen LogP contribution in [-0.2, 0) is 0 Å². The third-order valence-electron chi connectivity index (χ3n) is 4.15. The normalized spacial score (nSPS) is 11.6. The maximum Gasteiger partial charge on any atom is 0.253 e. The van der Waals surface area contributed by atoms with Gasteiger partial charge in [0.1, 0.15) is 0 Å². The molecule has 0 bridgehead atoms. The molecular formula is C20H18N4O. The van der Waals surface area contributed by atoms with Crippen molar-refractivity contribution in [2.45, 2.75) is 19.9 Å². The zero-order valence-corrected chi connectivity index (χ0v) is 14.1. The van der Waals surface area contributed by atoms with E-state index < -0.39 is 0 Å². The molecule has 1 N–H and O–H groups in total. The van der Waals surface area contributed by atoms with Crippen molar-refractivity contribution in [3.05, 3.63) is 83.2 Å². The van der Waals surface area contributed by atoms with Crippen LogP contribution in [0.5, 0.6) is 0 Å². The van der Waals surface area contributed by atoms with Crippen LogP contribution in [0.15, 0.2) is 60.8 Å². The summed E-state index contributed by atoms with van der Waals surface area (Å²) in [5, 5.41) is 16.5. The Kier molecular flexibility index (Phi) is 4.62. The number of nitrogens with zero attached hydrogens (tertiary/aromatic N) is 3. The van der Waals surface area contributed by atoms with Gasteiger partial charge in [-0.2, -0.15) is 10.4 Å². The van der Waals surface area contributed by atoms with Gasteiger partial charge in [0.05, 0.1) is 35.1 Å². The van der Waals surface area contributed by atoms with Gasteiger partial charge >= 0.3 is 0 Å². The van der Waals surface area contributed by atoms with E-state index in [4.69, 9.17) is 5.26 Å². The molecule has 3 aromatic rings. The fraction of sp³-hybridized carbons (Fsp3) is 0.150.